The third-order valence-electron chi connectivity index (χ3n) is 7.26. The first-order valence-electron chi connectivity index (χ1n) is 12.7. The third kappa shape index (κ3) is 4.47. The number of phenolic OH excluding ortho intramolecular Hbond substituents is 1. The fraction of sp³-hybridized carbons (Fsp3) is 0.429. The number of nitrogens with one attached hydrogen (secondary N) is 2. The summed E-state index contributed by atoms with van der Waals surface area (Å²) < 4.78 is 30.5. The highest BCUT2D eigenvalue weighted by atomic mass is 19.3. The Hall–Kier alpha value is -3.66. The van der Waals surface area contributed by atoms with Gasteiger partial charge >= 0.3 is 12.6 Å². The summed E-state index contributed by atoms with van der Waals surface area (Å²) in [5, 5.41) is 14.3. The quantitative estimate of drug-likeness (QED) is 0.300. The number of H-pyrrole nitrogens is 1. The van der Waals surface area contributed by atoms with Crippen molar-refractivity contribution in [2.75, 3.05) is 13.1 Å². The first-order valence-corrected chi connectivity index (χ1v) is 12.7. The zero-order valence-electron chi connectivity index (χ0n) is 21.8. The van der Waals surface area contributed by atoms with Gasteiger partial charge < -0.3 is 20.1 Å². The molecule has 2 atom stereocenters. The molecule has 3 N–H and O–H groups in total. The molecule has 3 heterocycles. The lowest BCUT2D eigenvalue weighted by Gasteiger charge is -2.42. The average molecular weight is 527 g/mol. The molecular formula is C28H32F2N4O4. The van der Waals surface area contributed by atoms with E-state index >= 15 is 0 Å². The van der Waals surface area contributed by atoms with Crippen molar-refractivity contribution in [3.05, 3.63) is 59.3 Å². The van der Waals surface area contributed by atoms with Crippen LogP contribution < -0.4 is 10.1 Å². The van der Waals surface area contributed by atoms with Crippen LogP contribution in [0.1, 0.15) is 57.0 Å². The number of hydrogen-bond acceptors (Lipinski definition) is 5. The summed E-state index contributed by atoms with van der Waals surface area (Å²) in [5.41, 5.74) is 1.45. The molecule has 0 spiro atoms. The molecule has 38 heavy (non-hydrogen) atoms. The van der Waals surface area contributed by atoms with E-state index < -0.39 is 24.2 Å². The van der Waals surface area contributed by atoms with Gasteiger partial charge in [-0.3, -0.25) is 14.6 Å². The van der Waals surface area contributed by atoms with Gasteiger partial charge in [0.1, 0.15) is 23.1 Å². The summed E-state index contributed by atoms with van der Waals surface area (Å²) in [5.74, 6) is -0.260. The maximum atomic E-state index is 13.8. The number of rotatable bonds is 7. The number of fused-ring (bicyclic) bond motifs is 4. The van der Waals surface area contributed by atoms with Crippen LogP contribution in [0.5, 0.6) is 11.5 Å². The largest absolute Gasteiger partial charge is 0.508 e. The van der Waals surface area contributed by atoms with Crippen molar-refractivity contribution in [1.29, 1.82) is 0 Å². The summed E-state index contributed by atoms with van der Waals surface area (Å²) in [4.78, 5) is 33.9. The van der Waals surface area contributed by atoms with Crippen molar-refractivity contribution in [1.82, 2.24) is 20.1 Å². The fourth-order valence-corrected chi connectivity index (χ4v) is 5.61. The Kier molecular flexibility index (Phi) is 6.33. The second-order valence-corrected chi connectivity index (χ2v) is 11.2. The van der Waals surface area contributed by atoms with Crippen molar-refractivity contribution in [3.8, 4) is 11.5 Å². The van der Waals surface area contributed by atoms with E-state index in [9.17, 15) is 23.5 Å². The van der Waals surface area contributed by atoms with E-state index in [1.165, 1.54) is 23.1 Å². The number of halogens is 2. The minimum absolute atomic E-state index is 0.0117. The number of aromatic amines is 1. The second-order valence-electron chi connectivity index (χ2n) is 11.2. The number of alkyl halides is 2. The predicted molar refractivity (Wildman–Crippen MR) is 138 cm³/mol. The molecule has 0 radical (unpaired) electrons. The second kappa shape index (κ2) is 9.27. The fourth-order valence-electron chi connectivity index (χ4n) is 5.61. The van der Waals surface area contributed by atoms with E-state index in [1.54, 1.807) is 36.1 Å². The van der Waals surface area contributed by atoms with Crippen molar-refractivity contribution >= 4 is 22.8 Å². The Bertz CT molecular complexity index is 1400. The molecule has 202 valence electrons. The van der Waals surface area contributed by atoms with E-state index in [-0.39, 0.29) is 35.9 Å². The number of hydrogen-bond donors (Lipinski definition) is 3. The minimum Gasteiger partial charge on any atom is -0.508 e. The Morgan fingerprint density at radius 2 is 1.97 bits per heavy atom. The van der Waals surface area contributed by atoms with Crippen LogP contribution in [-0.4, -0.2) is 62.6 Å². The van der Waals surface area contributed by atoms with Gasteiger partial charge in [0.25, 0.3) is 5.91 Å². The van der Waals surface area contributed by atoms with Gasteiger partial charge in [0.15, 0.2) is 0 Å². The standard InChI is InChI=1S/C28H32F2N4O4/c1-27(2,3)31-11-6-12-33-24(36)28(4)15-20-19-14-18(38-25(29)30)9-10-21(19)32-22(20)23(34(28)26(33)37)16-7-5-8-17(35)13-16/h5,7-10,13-14,23,25,31-32,35H,6,11-12,15H2,1-4H3/t23-,28+/m1/s1. The van der Waals surface area contributed by atoms with E-state index in [4.69, 9.17) is 0 Å². The van der Waals surface area contributed by atoms with Crippen LogP contribution in [0.2, 0.25) is 0 Å². The normalized spacial score (nSPS) is 21.4. The molecule has 10 heteroatoms. The monoisotopic (exact) mass is 526 g/mol. The summed E-state index contributed by atoms with van der Waals surface area (Å²) >= 11 is 0. The number of benzene rings is 2. The van der Waals surface area contributed by atoms with E-state index in [0.717, 1.165) is 5.56 Å². The van der Waals surface area contributed by atoms with Gasteiger partial charge in [-0.25, -0.2) is 4.79 Å². The van der Waals surface area contributed by atoms with Gasteiger partial charge in [-0.2, -0.15) is 8.78 Å². The van der Waals surface area contributed by atoms with Crippen molar-refractivity contribution in [2.45, 2.75) is 64.3 Å². The molecule has 0 aliphatic carbocycles. The summed E-state index contributed by atoms with van der Waals surface area (Å²) in [6.07, 6.45) is 0.801. The van der Waals surface area contributed by atoms with Gasteiger partial charge in [0.2, 0.25) is 0 Å². The molecule has 8 nitrogen and oxygen atoms in total. The SMILES string of the molecule is CC(C)(C)NCCCN1C(=O)N2[C@H](c3cccc(O)c3)c3[nH]c4ccc(OC(F)F)cc4c3C[C@@]2(C)C1=O. The molecule has 0 unspecified atom stereocenters. The zero-order valence-corrected chi connectivity index (χ0v) is 21.8. The van der Waals surface area contributed by atoms with Gasteiger partial charge in [0.05, 0.1) is 0 Å². The van der Waals surface area contributed by atoms with Gasteiger partial charge in [-0.15, -0.1) is 0 Å². The first kappa shape index (κ1) is 26.0. The summed E-state index contributed by atoms with van der Waals surface area (Å²) in [6.45, 7) is 5.84. The average Bonchev–Trinajstić information content (AvgIpc) is 3.26. The molecule has 3 aromatic rings. The number of urea groups is 1. The van der Waals surface area contributed by atoms with Gasteiger partial charge in [-0.05, 0) is 82.1 Å². The number of imide groups is 1. The van der Waals surface area contributed by atoms with Crippen molar-refractivity contribution in [3.63, 3.8) is 0 Å². The van der Waals surface area contributed by atoms with Crippen LogP contribution in [0.3, 0.4) is 0 Å². The number of carbonyl (C=O) groups is 2. The third-order valence-corrected chi connectivity index (χ3v) is 7.26. The van der Waals surface area contributed by atoms with Crippen LogP contribution in [-0.2, 0) is 11.2 Å². The van der Waals surface area contributed by atoms with E-state index in [2.05, 4.69) is 35.8 Å². The molecule has 1 aromatic heterocycles. The Morgan fingerprint density at radius 3 is 2.66 bits per heavy atom. The number of nitrogens with zero attached hydrogens (tertiary/aromatic N) is 2. The number of aromatic hydroxyl groups is 1. The highest BCUT2D eigenvalue weighted by Crippen LogP contribution is 2.49. The number of aromatic nitrogens is 1. The summed E-state index contributed by atoms with van der Waals surface area (Å²) in [7, 11) is 0. The van der Waals surface area contributed by atoms with Gasteiger partial charge in [0, 0.05) is 35.1 Å². The Morgan fingerprint density at radius 1 is 1.21 bits per heavy atom. The van der Waals surface area contributed by atoms with Crippen molar-refractivity contribution in [2.24, 2.45) is 0 Å². The maximum absolute atomic E-state index is 13.8. The molecule has 5 rings (SSSR count). The molecule has 2 aliphatic heterocycles. The van der Waals surface area contributed by atoms with Crippen LogP contribution in [0.25, 0.3) is 10.9 Å². The highest BCUT2D eigenvalue weighted by molar-refractivity contribution is 6.08. The minimum atomic E-state index is -2.97. The lowest BCUT2D eigenvalue weighted by Crippen LogP contribution is -2.53. The van der Waals surface area contributed by atoms with Crippen LogP contribution in [0, 0.1) is 0 Å². The Balaban J connectivity index is 1.58. The first-order chi connectivity index (χ1) is 17.9. The molecule has 0 bridgehead atoms. The molecule has 1 saturated heterocycles. The number of carbonyl (C=O) groups excluding carboxylic acids is 2. The van der Waals surface area contributed by atoms with Gasteiger partial charge in [-0.1, -0.05) is 12.1 Å². The highest BCUT2D eigenvalue weighted by Gasteiger charge is 2.60. The van der Waals surface area contributed by atoms with E-state index in [0.29, 0.717) is 35.1 Å². The zero-order chi connectivity index (χ0) is 27.4. The van der Waals surface area contributed by atoms with Crippen molar-refractivity contribution < 1.29 is 28.2 Å². The molecule has 2 aliphatic rings. The summed E-state index contributed by atoms with van der Waals surface area (Å²) in [6, 6.07) is 10.1. The smallest absolute Gasteiger partial charge is 0.387 e. The molecule has 3 amide bonds. The van der Waals surface area contributed by atoms with E-state index in [1.807, 2.05) is 0 Å². The predicted octanol–water partition coefficient (Wildman–Crippen LogP) is 4.92. The molecule has 0 saturated carbocycles. The molecular weight excluding hydrogens is 494 g/mol. The Labute approximate surface area is 219 Å². The molecule has 2 aromatic carbocycles. The van der Waals surface area contributed by atoms with Crippen LogP contribution in [0.4, 0.5) is 13.6 Å². The number of ether oxygens (including phenoxy) is 1. The van der Waals surface area contributed by atoms with Crippen LogP contribution >= 0.6 is 0 Å². The number of amides is 3. The van der Waals surface area contributed by atoms with Crippen LogP contribution in [0.15, 0.2) is 42.5 Å². The molecule has 1 fully saturated rings. The lowest BCUT2D eigenvalue weighted by molar-refractivity contribution is -0.133. The lowest BCUT2D eigenvalue weighted by atomic mass is 9.81. The maximum Gasteiger partial charge on any atom is 0.387 e. The topological polar surface area (TPSA) is 97.9 Å². The number of phenols is 1.